The molecule has 1 heterocycles. The summed E-state index contributed by atoms with van der Waals surface area (Å²) in [7, 11) is 1.78. The first-order valence-electron chi connectivity index (χ1n) is 4.62. The van der Waals surface area contributed by atoms with E-state index in [0.29, 0.717) is 17.9 Å². The van der Waals surface area contributed by atoms with Gasteiger partial charge < -0.3 is 11.1 Å². The molecule has 0 aliphatic rings. The van der Waals surface area contributed by atoms with Crippen LogP contribution in [0, 0.1) is 0 Å². The van der Waals surface area contributed by atoms with Crippen LogP contribution in [0.25, 0.3) is 0 Å². The van der Waals surface area contributed by atoms with E-state index in [1.165, 1.54) is 0 Å². The summed E-state index contributed by atoms with van der Waals surface area (Å²) in [6.07, 6.45) is 2.04. The Kier molecular flexibility index (Phi) is 3.11. The van der Waals surface area contributed by atoms with Gasteiger partial charge in [-0.2, -0.15) is 4.98 Å². The minimum absolute atomic E-state index is 0.356. The van der Waals surface area contributed by atoms with Gasteiger partial charge in [0.2, 0.25) is 11.9 Å². The third-order valence-electron chi connectivity index (χ3n) is 2.17. The van der Waals surface area contributed by atoms with Crippen molar-refractivity contribution in [2.75, 3.05) is 18.1 Å². The first-order valence-corrected chi connectivity index (χ1v) is 4.62. The third kappa shape index (κ3) is 1.91. The number of nitrogens with two attached hydrogens (primary N) is 1. The fourth-order valence-electron chi connectivity index (χ4n) is 1.34. The lowest BCUT2D eigenvalue weighted by Crippen LogP contribution is -2.12. The van der Waals surface area contributed by atoms with Crippen molar-refractivity contribution in [3.05, 3.63) is 0 Å². The summed E-state index contributed by atoms with van der Waals surface area (Å²) < 4.78 is 1.78. The maximum atomic E-state index is 5.72. The molecule has 0 atom stereocenters. The molecule has 5 heteroatoms. The van der Waals surface area contributed by atoms with Crippen molar-refractivity contribution >= 4 is 11.9 Å². The van der Waals surface area contributed by atoms with Crippen LogP contribution in [-0.4, -0.2) is 21.8 Å². The summed E-state index contributed by atoms with van der Waals surface area (Å²) in [4.78, 5) is 4.06. The first-order chi connectivity index (χ1) is 6.22. The summed E-state index contributed by atoms with van der Waals surface area (Å²) in [5, 5.41) is 7.11. The van der Waals surface area contributed by atoms with Gasteiger partial charge >= 0.3 is 0 Å². The van der Waals surface area contributed by atoms with Gasteiger partial charge in [-0.1, -0.05) is 13.8 Å². The van der Waals surface area contributed by atoms with Crippen molar-refractivity contribution in [1.29, 1.82) is 0 Å². The van der Waals surface area contributed by atoms with E-state index in [1.54, 1.807) is 11.7 Å². The topological polar surface area (TPSA) is 68.8 Å². The predicted octanol–water partition coefficient (Wildman–Crippen LogP) is 1.26. The second kappa shape index (κ2) is 4.11. The molecule has 5 nitrogen and oxygen atoms in total. The van der Waals surface area contributed by atoms with E-state index in [4.69, 9.17) is 5.73 Å². The summed E-state index contributed by atoms with van der Waals surface area (Å²) >= 11 is 0. The fraction of sp³-hybridized carbons (Fsp3) is 0.750. The first kappa shape index (κ1) is 9.83. The molecule has 1 aromatic rings. The van der Waals surface area contributed by atoms with Crippen LogP contribution in [0.15, 0.2) is 0 Å². The molecule has 0 bridgehead atoms. The van der Waals surface area contributed by atoms with Gasteiger partial charge in [-0.25, -0.2) is 4.68 Å². The highest BCUT2D eigenvalue weighted by Gasteiger charge is 2.12. The van der Waals surface area contributed by atoms with Crippen LogP contribution in [0.3, 0.4) is 0 Å². The summed E-state index contributed by atoms with van der Waals surface area (Å²) in [5.41, 5.74) is 5.72. The Morgan fingerprint density at radius 2 is 2.08 bits per heavy atom. The minimum atomic E-state index is 0.356. The number of aromatic nitrogens is 3. The van der Waals surface area contributed by atoms with Gasteiger partial charge in [0.1, 0.15) is 0 Å². The van der Waals surface area contributed by atoms with Crippen molar-refractivity contribution in [1.82, 2.24) is 14.8 Å². The maximum Gasteiger partial charge on any atom is 0.243 e. The maximum absolute atomic E-state index is 5.72. The zero-order chi connectivity index (χ0) is 9.84. The number of nitrogens with zero attached hydrogens (tertiary/aromatic N) is 3. The van der Waals surface area contributed by atoms with Crippen molar-refractivity contribution in [3.63, 3.8) is 0 Å². The van der Waals surface area contributed by atoms with Gasteiger partial charge in [-0.3, -0.25) is 0 Å². The van der Waals surface area contributed by atoms with Crippen LogP contribution >= 0.6 is 0 Å². The molecule has 0 unspecified atom stereocenters. The Morgan fingerprint density at radius 1 is 1.46 bits per heavy atom. The number of hydrogen-bond donors (Lipinski definition) is 2. The molecule has 0 amide bonds. The highest BCUT2D eigenvalue weighted by atomic mass is 15.4. The van der Waals surface area contributed by atoms with Gasteiger partial charge in [0.05, 0.1) is 6.04 Å². The monoisotopic (exact) mass is 183 g/mol. The molecular formula is C8H17N5. The molecule has 0 radical (unpaired) electrons. The van der Waals surface area contributed by atoms with Crippen molar-refractivity contribution in [2.45, 2.75) is 32.7 Å². The molecule has 0 saturated carbocycles. The van der Waals surface area contributed by atoms with Gasteiger partial charge in [0, 0.05) is 7.05 Å². The van der Waals surface area contributed by atoms with Gasteiger partial charge in [0.15, 0.2) is 0 Å². The Balaban J connectivity index is 2.91. The SMILES string of the molecule is CCC(CC)n1nc(NC)nc1N. The molecule has 0 spiro atoms. The molecule has 0 aromatic carbocycles. The lowest BCUT2D eigenvalue weighted by Gasteiger charge is -2.12. The lowest BCUT2D eigenvalue weighted by molar-refractivity contribution is 0.435. The zero-order valence-electron chi connectivity index (χ0n) is 8.41. The number of hydrogen-bond acceptors (Lipinski definition) is 4. The lowest BCUT2D eigenvalue weighted by atomic mass is 10.2. The molecule has 0 aliphatic heterocycles. The van der Waals surface area contributed by atoms with E-state index in [-0.39, 0.29) is 0 Å². The Hall–Kier alpha value is -1.26. The second-order valence-electron chi connectivity index (χ2n) is 2.96. The number of rotatable bonds is 4. The minimum Gasteiger partial charge on any atom is -0.368 e. The highest BCUT2D eigenvalue weighted by molar-refractivity contribution is 5.30. The largest absolute Gasteiger partial charge is 0.368 e. The van der Waals surface area contributed by atoms with Crippen LogP contribution < -0.4 is 11.1 Å². The summed E-state index contributed by atoms with van der Waals surface area (Å²) in [6, 6.07) is 0.356. The smallest absolute Gasteiger partial charge is 0.243 e. The molecule has 0 saturated heterocycles. The number of anilines is 2. The average molecular weight is 183 g/mol. The molecule has 0 fully saturated rings. The van der Waals surface area contributed by atoms with Crippen LogP contribution in [0.2, 0.25) is 0 Å². The van der Waals surface area contributed by atoms with E-state index >= 15 is 0 Å². The normalized spacial score (nSPS) is 10.8. The zero-order valence-corrected chi connectivity index (χ0v) is 8.41. The Labute approximate surface area is 78.3 Å². The molecule has 0 aliphatic carbocycles. The van der Waals surface area contributed by atoms with Crippen LogP contribution in [0.4, 0.5) is 11.9 Å². The van der Waals surface area contributed by atoms with Crippen LogP contribution in [0.1, 0.15) is 32.7 Å². The average Bonchev–Trinajstić information content (AvgIpc) is 2.50. The van der Waals surface area contributed by atoms with Gasteiger partial charge in [-0.15, -0.1) is 5.10 Å². The molecule has 3 N–H and O–H groups in total. The third-order valence-corrected chi connectivity index (χ3v) is 2.17. The Bertz CT molecular complexity index is 263. The summed E-state index contributed by atoms with van der Waals surface area (Å²) in [5.74, 6) is 1.07. The van der Waals surface area contributed by atoms with E-state index in [2.05, 4.69) is 29.2 Å². The summed E-state index contributed by atoms with van der Waals surface area (Å²) in [6.45, 7) is 4.24. The molecule has 1 aromatic heterocycles. The van der Waals surface area contributed by atoms with Gasteiger partial charge in [-0.05, 0) is 12.8 Å². The fourth-order valence-corrected chi connectivity index (χ4v) is 1.34. The molecular weight excluding hydrogens is 166 g/mol. The van der Waals surface area contributed by atoms with Crippen molar-refractivity contribution in [2.24, 2.45) is 0 Å². The molecule has 74 valence electrons. The molecule has 1 rings (SSSR count). The molecule has 13 heavy (non-hydrogen) atoms. The van der Waals surface area contributed by atoms with E-state index in [1.807, 2.05) is 0 Å². The predicted molar refractivity (Wildman–Crippen MR) is 53.6 cm³/mol. The van der Waals surface area contributed by atoms with Crippen LogP contribution in [0.5, 0.6) is 0 Å². The van der Waals surface area contributed by atoms with E-state index < -0.39 is 0 Å². The quantitative estimate of drug-likeness (QED) is 0.737. The number of nitrogens with one attached hydrogen (secondary N) is 1. The van der Waals surface area contributed by atoms with E-state index in [0.717, 1.165) is 12.8 Å². The van der Waals surface area contributed by atoms with Crippen molar-refractivity contribution in [3.8, 4) is 0 Å². The van der Waals surface area contributed by atoms with Crippen LogP contribution in [-0.2, 0) is 0 Å². The van der Waals surface area contributed by atoms with Gasteiger partial charge in [0.25, 0.3) is 0 Å². The number of nitrogen functional groups attached to an aromatic ring is 1. The standard InChI is InChI=1S/C8H17N5/c1-4-6(5-2)13-7(9)11-8(10-3)12-13/h6H,4-5H2,1-3H3,(H3,9,10,11,12). The van der Waals surface area contributed by atoms with E-state index in [9.17, 15) is 0 Å². The second-order valence-corrected chi connectivity index (χ2v) is 2.96. The van der Waals surface area contributed by atoms with Crippen molar-refractivity contribution < 1.29 is 0 Å². The Morgan fingerprint density at radius 3 is 2.46 bits per heavy atom. The highest BCUT2D eigenvalue weighted by Crippen LogP contribution is 2.18.